The maximum Gasteiger partial charge on any atom is 0.285 e. The van der Waals surface area contributed by atoms with Crippen LogP contribution in [0.25, 0.3) is 11.1 Å². The third-order valence-electron chi connectivity index (χ3n) is 6.22. The zero-order valence-electron chi connectivity index (χ0n) is 17.7. The van der Waals surface area contributed by atoms with Crippen LogP contribution < -0.4 is 4.72 Å². The second-order valence-electron chi connectivity index (χ2n) is 8.87. The lowest BCUT2D eigenvalue weighted by Crippen LogP contribution is -2.57. The maximum absolute atomic E-state index is 15.9. The van der Waals surface area contributed by atoms with Gasteiger partial charge in [-0.1, -0.05) is 30.3 Å². The van der Waals surface area contributed by atoms with Gasteiger partial charge in [-0.2, -0.15) is 0 Å². The van der Waals surface area contributed by atoms with Crippen molar-refractivity contribution >= 4 is 15.9 Å². The highest BCUT2D eigenvalue weighted by atomic mass is 32.2. The van der Waals surface area contributed by atoms with Crippen LogP contribution in [0.2, 0.25) is 0 Å². The summed E-state index contributed by atoms with van der Waals surface area (Å²) in [6.45, 7) is -0.754. The first-order valence-corrected chi connectivity index (χ1v) is 12.0. The molecular weight excluding hydrogens is 467 g/mol. The minimum absolute atomic E-state index is 0.0683. The van der Waals surface area contributed by atoms with E-state index < -0.39 is 69.3 Å². The average molecular weight is 488 g/mol. The number of rotatable bonds is 5. The van der Waals surface area contributed by atoms with Crippen LogP contribution in [0.4, 0.5) is 22.0 Å². The van der Waals surface area contributed by atoms with E-state index in [2.05, 4.69) is 0 Å². The number of sulfonamides is 1. The Morgan fingerprint density at radius 1 is 1.03 bits per heavy atom. The fraction of sp³-hybridized carbons (Fsp3) is 0.409. The smallest absolute Gasteiger partial charge is 0.285 e. The number of hydrogen-bond acceptors (Lipinski definition) is 3. The number of amides is 1. The Kier molecular flexibility index (Phi) is 5.36. The number of carbonyl (C=O) groups excluding carboxylic acids is 1. The van der Waals surface area contributed by atoms with Crippen molar-refractivity contribution in [3.63, 3.8) is 0 Å². The Morgan fingerprint density at radius 3 is 2.24 bits per heavy atom. The number of halogens is 5. The largest absolute Gasteiger partial charge is 0.334 e. The number of alkyl halides is 3. The fourth-order valence-corrected chi connectivity index (χ4v) is 5.53. The standard InChI is InChI=1S/C22H21F5N2O3S/c1-20(28-33(2,31)32)11-29(12-22(20,26)27)19(30)15-10-21(15,25)14-7-4-3-6-13(14)18-16(23)8-5-9-17(18)24/h3-9,15,28H,10-12H2,1-2H3/t15-,20+,21+/m0/s1. The van der Waals surface area contributed by atoms with Crippen LogP contribution in [0.3, 0.4) is 0 Å². The first kappa shape index (κ1) is 23.6. The van der Waals surface area contributed by atoms with Gasteiger partial charge < -0.3 is 4.90 Å². The number of benzene rings is 2. The molecule has 0 radical (unpaired) electrons. The Labute approximate surface area is 187 Å². The Hall–Kier alpha value is -2.53. The molecule has 1 N–H and O–H groups in total. The van der Waals surface area contributed by atoms with E-state index >= 15 is 4.39 Å². The van der Waals surface area contributed by atoms with E-state index in [1.54, 1.807) is 0 Å². The van der Waals surface area contributed by atoms with Gasteiger partial charge in [0, 0.05) is 13.0 Å². The Balaban J connectivity index is 1.63. The topological polar surface area (TPSA) is 66.5 Å². The van der Waals surface area contributed by atoms with Gasteiger partial charge >= 0.3 is 0 Å². The average Bonchev–Trinajstić information content (AvgIpc) is 3.31. The molecule has 1 amide bonds. The van der Waals surface area contributed by atoms with Crippen molar-refractivity contribution in [2.45, 2.75) is 30.5 Å². The number of hydrogen-bond donors (Lipinski definition) is 1. The number of likely N-dealkylation sites (tertiary alicyclic amines) is 1. The van der Waals surface area contributed by atoms with Gasteiger partial charge in [-0.25, -0.2) is 35.1 Å². The minimum Gasteiger partial charge on any atom is -0.334 e. The Morgan fingerprint density at radius 2 is 1.64 bits per heavy atom. The van der Waals surface area contributed by atoms with Crippen molar-refractivity contribution in [2.75, 3.05) is 19.3 Å². The molecule has 0 bridgehead atoms. The maximum atomic E-state index is 15.9. The molecule has 1 saturated heterocycles. The SMILES string of the molecule is C[C@@]1(NS(C)(=O)=O)CN(C(=O)[C@@H]2C[C@@]2(F)c2ccccc2-c2c(F)cccc2F)CC1(F)F. The third kappa shape index (κ3) is 4.01. The summed E-state index contributed by atoms with van der Waals surface area (Å²) in [7, 11) is -4.01. The van der Waals surface area contributed by atoms with E-state index in [-0.39, 0.29) is 17.5 Å². The molecule has 1 aliphatic carbocycles. The van der Waals surface area contributed by atoms with E-state index in [9.17, 15) is 30.8 Å². The summed E-state index contributed by atoms with van der Waals surface area (Å²) in [4.78, 5) is 13.7. The van der Waals surface area contributed by atoms with Gasteiger partial charge in [0.15, 0.2) is 0 Å². The van der Waals surface area contributed by atoms with E-state index in [0.717, 1.165) is 30.2 Å². The molecule has 4 rings (SSSR count). The monoisotopic (exact) mass is 488 g/mol. The molecule has 2 aromatic carbocycles. The molecule has 1 saturated carbocycles. The lowest BCUT2D eigenvalue weighted by Gasteiger charge is -2.29. The van der Waals surface area contributed by atoms with Gasteiger partial charge in [0.25, 0.3) is 5.92 Å². The molecule has 11 heteroatoms. The van der Waals surface area contributed by atoms with Crippen LogP contribution in [0.5, 0.6) is 0 Å². The van der Waals surface area contributed by atoms with Crippen LogP contribution in [0, 0.1) is 17.6 Å². The molecule has 178 valence electrons. The van der Waals surface area contributed by atoms with Gasteiger partial charge in [-0.15, -0.1) is 0 Å². The summed E-state index contributed by atoms with van der Waals surface area (Å²) >= 11 is 0. The lowest BCUT2D eigenvalue weighted by atomic mass is 9.93. The van der Waals surface area contributed by atoms with Crippen LogP contribution in [0.1, 0.15) is 18.9 Å². The summed E-state index contributed by atoms with van der Waals surface area (Å²) in [5.41, 5.74) is -5.18. The molecule has 0 aromatic heterocycles. The molecule has 33 heavy (non-hydrogen) atoms. The predicted molar refractivity (Wildman–Crippen MR) is 111 cm³/mol. The van der Waals surface area contributed by atoms with Gasteiger partial charge in [0.2, 0.25) is 15.9 Å². The van der Waals surface area contributed by atoms with Crippen LogP contribution >= 0.6 is 0 Å². The summed E-state index contributed by atoms with van der Waals surface area (Å²) in [5, 5.41) is 0. The van der Waals surface area contributed by atoms with Crippen molar-refractivity contribution in [2.24, 2.45) is 5.92 Å². The number of carbonyl (C=O) groups is 1. The Bertz CT molecular complexity index is 1220. The van der Waals surface area contributed by atoms with Crippen molar-refractivity contribution in [3.8, 4) is 11.1 Å². The first-order valence-electron chi connectivity index (χ1n) is 10.1. The molecule has 0 spiro atoms. The normalized spacial score (nSPS) is 28.7. The summed E-state index contributed by atoms with van der Waals surface area (Å²) < 4.78 is 98.8. The lowest BCUT2D eigenvalue weighted by molar-refractivity contribution is -0.134. The van der Waals surface area contributed by atoms with E-state index in [4.69, 9.17) is 0 Å². The molecule has 5 nitrogen and oxygen atoms in total. The molecular formula is C22H21F5N2O3S. The molecule has 0 unspecified atom stereocenters. The molecule has 3 atom stereocenters. The quantitative estimate of drug-likeness (QED) is 0.655. The van der Waals surface area contributed by atoms with Gasteiger partial charge in [0.1, 0.15) is 22.8 Å². The molecule has 1 heterocycles. The van der Waals surface area contributed by atoms with Crippen molar-refractivity contribution in [1.82, 2.24) is 9.62 Å². The fourth-order valence-electron chi connectivity index (χ4n) is 4.50. The van der Waals surface area contributed by atoms with Gasteiger partial charge in [0.05, 0.1) is 24.3 Å². The highest BCUT2D eigenvalue weighted by Gasteiger charge is 2.66. The molecule has 2 aromatic rings. The highest BCUT2D eigenvalue weighted by Crippen LogP contribution is 2.59. The van der Waals surface area contributed by atoms with E-state index in [1.807, 2.05) is 4.72 Å². The summed E-state index contributed by atoms with van der Waals surface area (Å²) in [6.07, 6.45) is 0.377. The minimum atomic E-state index is -4.01. The molecule has 2 aliphatic rings. The molecule has 1 aliphatic heterocycles. The zero-order chi connectivity index (χ0) is 24.4. The second-order valence-corrected chi connectivity index (χ2v) is 10.6. The number of nitrogens with one attached hydrogen (secondary N) is 1. The first-order chi connectivity index (χ1) is 15.2. The van der Waals surface area contributed by atoms with Crippen LogP contribution in [-0.2, 0) is 20.5 Å². The third-order valence-corrected chi connectivity index (χ3v) is 7.05. The summed E-state index contributed by atoms with van der Waals surface area (Å²) in [5.74, 6) is -7.66. The summed E-state index contributed by atoms with van der Waals surface area (Å²) in [6, 6.07) is 8.78. The predicted octanol–water partition coefficient (Wildman–Crippen LogP) is 3.60. The van der Waals surface area contributed by atoms with Crippen molar-refractivity contribution in [3.05, 3.63) is 59.7 Å². The zero-order valence-corrected chi connectivity index (χ0v) is 18.5. The van der Waals surface area contributed by atoms with E-state index in [0.29, 0.717) is 0 Å². The van der Waals surface area contributed by atoms with E-state index in [1.165, 1.54) is 30.3 Å². The van der Waals surface area contributed by atoms with Gasteiger partial charge in [-0.3, -0.25) is 4.79 Å². The van der Waals surface area contributed by atoms with Crippen LogP contribution in [-0.4, -0.2) is 50.0 Å². The molecule has 2 fully saturated rings. The number of nitrogens with zero attached hydrogens (tertiary/aromatic N) is 1. The highest BCUT2D eigenvalue weighted by molar-refractivity contribution is 7.88. The second kappa shape index (κ2) is 7.49. The van der Waals surface area contributed by atoms with Gasteiger partial charge in [-0.05, 0) is 30.2 Å². The van der Waals surface area contributed by atoms with Crippen molar-refractivity contribution in [1.29, 1.82) is 0 Å². The van der Waals surface area contributed by atoms with Crippen molar-refractivity contribution < 1.29 is 35.2 Å². The van der Waals surface area contributed by atoms with Crippen LogP contribution in [0.15, 0.2) is 42.5 Å².